The fourth-order valence-corrected chi connectivity index (χ4v) is 3.96. The summed E-state index contributed by atoms with van der Waals surface area (Å²) < 4.78 is 6.27. The number of anilines is 1. The fourth-order valence-electron chi connectivity index (χ4n) is 3.96. The summed E-state index contributed by atoms with van der Waals surface area (Å²) >= 11 is 0. The van der Waals surface area contributed by atoms with Crippen molar-refractivity contribution >= 4 is 5.69 Å². The van der Waals surface area contributed by atoms with Crippen molar-refractivity contribution < 1.29 is 4.74 Å². The van der Waals surface area contributed by atoms with Gasteiger partial charge in [0.15, 0.2) is 0 Å². The number of para-hydroxylation sites is 1. The molecular weight excluding hydrogens is 248 g/mol. The minimum atomic E-state index is -0.127. The van der Waals surface area contributed by atoms with Gasteiger partial charge in [0.25, 0.3) is 0 Å². The maximum absolute atomic E-state index is 6.27. The van der Waals surface area contributed by atoms with Gasteiger partial charge in [0.2, 0.25) is 0 Å². The molecule has 0 spiro atoms. The second kappa shape index (κ2) is 4.47. The molecule has 3 rings (SSSR count). The monoisotopic (exact) mass is 274 g/mol. The molecule has 1 aromatic carbocycles. The molecule has 2 heterocycles. The van der Waals surface area contributed by atoms with Crippen molar-refractivity contribution in [1.82, 2.24) is 0 Å². The molecular formula is C17H26N2O. The number of ether oxygens (including phenoxy) is 1. The molecule has 2 N–H and O–H groups in total. The lowest BCUT2D eigenvalue weighted by molar-refractivity contribution is -0.0680. The molecule has 110 valence electrons. The first-order valence-electron chi connectivity index (χ1n) is 7.61. The van der Waals surface area contributed by atoms with Crippen molar-refractivity contribution in [2.45, 2.75) is 63.8 Å². The molecule has 0 bridgehead atoms. The molecule has 3 nitrogen and oxygen atoms in total. The zero-order chi connectivity index (χ0) is 14.5. The van der Waals surface area contributed by atoms with Crippen molar-refractivity contribution in [1.29, 1.82) is 0 Å². The highest BCUT2D eigenvalue weighted by atomic mass is 16.5. The van der Waals surface area contributed by atoms with Crippen LogP contribution in [0.2, 0.25) is 0 Å². The second-order valence-electron chi connectivity index (χ2n) is 7.33. The van der Waals surface area contributed by atoms with E-state index in [4.69, 9.17) is 10.5 Å². The van der Waals surface area contributed by atoms with E-state index in [1.54, 1.807) is 0 Å². The lowest BCUT2D eigenvalue weighted by atomic mass is 9.88. The first-order chi connectivity index (χ1) is 9.30. The highest BCUT2D eigenvalue weighted by molar-refractivity contribution is 5.58. The van der Waals surface area contributed by atoms with E-state index in [9.17, 15) is 0 Å². The van der Waals surface area contributed by atoms with Gasteiger partial charge in [-0.05, 0) is 52.2 Å². The van der Waals surface area contributed by atoms with Gasteiger partial charge in [0, 0.05) is 18.3 Å². The smallest absolute Gasteiger partial charge is 0.0837 e. The highest BCUT2D eigenvalue weighted by Gasteiger charge is 2.49. The molecule has 1 aromatic rings. The number of fused-ring (bicyclic) bond motifs is 1. The zero-order valence-corrected chi connectivity index (χ0v) is 13.0. The SMILES string of the molecule is CC1(C)CC(N2CCC(N)c3ccccc32)C(C)(C)O1. The number of hydrogen-bond donors (Lipinski definition) is 1. The summed E-state index contributed by atoms with van der Waals surface area (Å²) in [5, 5.41) is 0. The van der Waals surface area contributed by atoms with Crippen LogP contribution in [0.3, 0.4) is 0 Å². The van der Waals surface area contributed by atoms with Gasteiger partial charge in [-0.2, -0.15) is 0 Å². The average molecular weight is 274 g/mol. The normalized spacial score (nSPS) is 31.1. The van der Waals surface area contributed by atoms with Crippen LogP contribution < -0.4 is 10.6 Å². The van der Waals surface area contributed by atoms with Crippen LogP contribution >= 0.6 is 0 Å². The molecule has 20 heavy (non-hydrogen) atoms. The van der Waals surface area contributed by atoms with Crippen LogP contribution in [0.25, 0.3) is 0 Å². The molecule has 0 radical (unpaired) electrons. The topological polar surface area (TPSA) is 38.5 Å². The number of benzene rings is 1. The Morgan fingerprint density at radius 2 is 1.90 bits per heavy atom. The Morgan fingerprint density at radius 3 is 2.55 bits per heavy atom. The third kappa shape index (κ3) is 2.23. The Hall–Kier alpha value is -1.06. The van der Waals surface area contributed by atoms with E-state index in [1.165, 1.54) is 11.3 Å². The quantitative estimate of drug-likeness (QED) is 0.854. The first kappa shape index (κ1) is 13.9. The standard InChI is InChI=1S/C17H26N2O/c1-16(2)11-15(17(3,4)20-16)19-10-9-13(18)12-7-5-6-8-14(12)19/h5-8,13,15H,9-11,18H2,1-4H3. The number of nitrogens with zero attached hydrogens (tertiary/aromatic N) is 1. The predicted octanol–water partition coefficient (Wildman–Crippen LogP) is 3.24. The molecule has 1 fully saturated rings. The number of hydrogen-bond acceptors (Lipinski definition) is 3. The molecule has 0 aliphatic carbocycles. The summed E-state index contributed by atoms with van der Waals surface area (Å²) in [6.07, 6.45) is 2.08. The molecule has 2 aliphatic heterocycles. The maximum atomic E-state index is 6.27. The first-order valence-corrected chi connectivity index (χ1v) is 7.61. The molecule has 1 saturated heterocycles. The third-order valence-corrected chi connectivity index (χ3v) is 4.73. The Labute approximate surface area is 122 Å². The van der Waals surface area contributed by atoms with Crippen molar-refractivity contribution in [3.8, 4) is 0 Å². The van der Waals surface area contributed by atoms with Gasteiger partial charge >= 0.3 is 0 Å². The molecule has 2 unspecified atom stereocenters. The lowest BCUT2D eigenvalue weighted by Gasteiger charge is -2.42. The summed E-state index contributed by atoms with van der Waals surface area (Å²) in [4.78, 5) is 2.52. The fraction of sp³-hybridized carbons (Fsp3) is 0.647. The van der Waals surface area contributed by atoms with Gasteiger partial charge in [-0.25, -0.2) is 0 Å². The Kier molecular flexibility index (Phi) is 3.11. The summed E-state index contributed by atoms with van der Waals surface area (Å²) in [6, 6.07) is 9.14. The van der Waals surface area contributed by atoms with E-state index in [0.29, 0.717) is 6.04 Å². The van der Waals surface area contributed by atoms with Gasteiger partial charge < -0.3 is 15.4 Å². The maximum Gasteiger partial charge on any atom is 0.0837 e. The van der Waals surface area contributed by atoms with Crippen LogP contribution in [0.5, 0.6) is 0 Å². The van der Waals surface area contributed by atoms with Crippen molar-refractivity contribution in [2.24, 2.45) is 5.73 Å². The molecule has 0 amide bonds. The number of nitrogens with two attached hydrogens (primary N) is 1. The zero-order valence-electron chi connectivity index (χ0n) is 13.0. The van der Waals surface area contributed by atoms with Gasteiger partial charge in [0.1, 0.15) is 0 Å². The predicted molar refractivity (Wildman–Crippen MR) is 83.0 cm³/mol. The van der Waals surface area contributed by atoms with Crippen molar-refractivity contribution in [3.05, 3.63) is 29.8 Å². The minimum Gasteiger partial charge on any atom is -0.367 e. The van der Waals surface area contributed by atoms with Gasteiger partial charge in [0.05, 0.1) is 17.2 Å². The lowest BCUT2D eigenvalue weighted by Crippen LogP contribution is -2.49. The van der Waals surface area contributed by atoms with Crippen molar-refractivity contribution in [2.75, 3.05) is 11.4 Å². The molecule has 2 aliphatic rings. The van der Waals surface area contributed by atoms with Crippen LogP contribution in [0.15, 0.2) is 24.3 Å². The Bertz CT molecular complexity index is 509. The summed E-state index contributed by atoms with van der Waals surface area (Å²) in [5.74, 6) is 0. The van der Waals surface area contributed by atoms with E-state index in [1.807, 2.05) is 0 Å². The van der Waals surface area contributed by atoms with E-state index < -0.39 is 0 Å². The third-order valence-electron chi connectivity index (χ3n) is 4.73. The molecule has 0 aromatic heterocycles. The average Bonchev–Trinajstić information content (AvgIpc) is 2.58. The van der Waals surface area contributed by atoms with E-state index in [0.717, 1.165) is 19.4 Å². The van der Waals surface area contributed by atoms with Gasteiger partial charge in [-0.3, -0.25) is 0 Å². The van der Waals surface area contributed by atoms with Crippen LogP contribution in [0, 0.1) is 0 Å². The Morgan fingerprint density at radius 1 is 1.20 bits per heavy atom. The summed E-state index contributed by atoms with van der Waals surface area (Å²) in [7, 11) is 0. The van der Waals surface area contributed by atoms with E-state index in [2.05, 4.69) is 56.9 Å². The van der Waals surface area contributed by atoms with E-state index in [-0.39, 0.29) is 17.2 Å². The second-order valence-corrected chi connectivity index (χ2v) is 7.33. The van der Waals surface area contributed by atoms with Crippen LogP contribution in [0.1, 0.15) is 52.1 Å². The van der Waals surface area contributed by atoms with Crippen molar-refractivity contribution in [3.63, 3.8) is 0 Å². The van der Waals surface area contributed by atoms with Crippen LogP contribution in [-0.2, 0) is 4.74 Å². The molecule has 0 saturated carbocycles. The van der Waals surface area contributed by atoms with Gasteiger partial charge in [-0.15, -0.1) is 0 Å². The van der Waals surface area contributed by atoms with Crippen LogP contribution in [0.4, 0.5) is 5.69 Å². The van der Waals surface area contributed by atoms with Crippen LogP contribution in [-0.4, -0.2) is 23.8 Å². The minimum absolute atomic E-state index is 0.0529. The highest BCUT2D eigenvalue weighted by Crippen LogP contribution is 2.44. The Balaban J connectivity index is 1.98. The molecule has 2 atom stereocenters. The largest absolute Gasteiger partial charge is 0.367 e. The van der Waals surface area contributed by atoms with E-state index >= 15 is 0 Å². The summed E-state index contributed by atoms with van der Waals surface area (Å²) in [6.45, 7) is 9.82. The summed E-state index contributed by atoms with van der Waals surface area (Å²) in [5.41, 5.74) is 8.66. The van der Waals surface area contributed by atoms with Gasteiger partial charge in [-0.1, -0.05) is 18.2 Å². The molecule has 3 heteroatoms. The number of rotatable bonds is 1.